The molecule has 0 aliphatic carbocycles. The van der Waals surface area contributed by atoms with Crippen molar-refractivity contribution in [2.45, 2.75) is 218 Å². The Labute approximate surface area is 437 Å². The quantitative estimate of drug-likeness (QED) is 0.0452. The fourth-order valence-electron chi connectivity index (χ4n) is 9.35. The molecule has 77 heavy (non-hydrogen) atoms. The molecule has 0 saturated carbocycles. The van der Waals surface area contributed by atoms with Crippen molar-refractivity contribution in [1.82, 2.24) is 10.6 Å². The number of hydrogen-bond donors (Lipinski definition) is 21. The first kappa shape index (κ1) is 65.1. The van der Waals surface area contributed by atoms with Gasteiger partial charge >= 0.3 is 5.97 Å². The first-order valence-corrected chi connectivity index (χ1v) is 24.4. The van der Waals surface area contributed by atoms with Crippen molar-refractivity contribution in [1.29, 1.82) is 0 Å². The van der Waals surface area contributed by atoms with Gasteiger partial charge in [-0.15, -0.1) is 0 Å². The van der Waals surface area contributed by atoms with Gasteiger partial charge in [0, 0.05) is 20.3 Å². The summed E-state index contributed by atoms with van der Waals surface area (Å²) in [7, 11) is 0. The van der Waals surface area contributed by atoms with Crippen molar-refractivity contribution in [3.63, 3.8) is 0 Å². The van der Waals surface area contributed by atoms with Crippen LogP contribution < -0.4 is 10.6 Å². The lowest BCUT2D eigenvalue weighted by molar-refractivity contribution is -0.407. The molecule has 34 heteroatoms. The molecule has 5 fully saturated rings. The Kier molecular flexibility index (Phi) is 23.5. The number of carbonyl (C=O) groups is 3. The minimum Gasteiger partial charge on any atom is -0.477 e. The number of hydrogen-bond acceptors (Lipinski definition) is 31. The molecule has 34 nitrogen and oxygen atoms in total. The van der Waals surface area contributed by atoms with E-state index in [9.17, 15) is 111 Å². The number of aliphatic carboxylic acids is 1. The third-order valence-corrected chi connectivity index (χ3v) is 13.8. The lowest BCUT2D eigenvalue weighted by Gasteiger charge is -2.50. The van der Waals surface area contributed by atoms with E-state index in [0.29, 0.717) is 0 Å². The Balaban J connectivity index is 1.55. The Morgan fingerprint density at radius 2 is 1.12 bits per heavy atom. The Morgan fingerprint density at radius 3 is 1.61 bits per heavy atom. The zero-order chi connectivity index (χ0) is 57.7. The molecule has 30 unspecified atom stereocenters. The van der Waals surface area contributed by atoms with Gasteiger partial charge in [0.05, 0.1) is 63.4 Å². The molecule has 5 aliphatic rings. The number of carbonyl (C=O) groups excluding carboxylic acids is 2. The number of aliphatic hydroxyl groups excluding tert-OH is 18. The maximum atomic E-state index is 12.9. The number of nitrogens with one attached hydrogen (secondary N) is 2. The van der Waals surface area contributed by atoms with E-state index in [-0.39, 0.29) is 0 Å². The summed E-state index contributed by atoms with van der Waals surface area (Å²) in [5.74, 6) is -6.89. The average Bonchev–Trinajstić information content (AvgIpc) is 3.38. The SMILES string of the molecule is CC(=O)NC(CO)C(OC1OC(CO)C(O)C(OC2OC(CO)C(O)C(O)C2OC2OC(C)C(O)C(O)C2O)C1OC1OC(C)C(O)C(O)C1O)C(O)C(O)COC1(C(=O)O)CC(O)C(NC(C)=O)C(C(O)C(O)CO)O1. The molecule has 5 heterocycles. The van der Waals surface area contributed by atoms with Crippen LogP contribution in [0.25, 0.3) is 0 Å². The van der Waals surface area contributed by atoms with E-state index in [1.165, 1.54) is 13.8 Å². The molecule has 5 rings (SSSR count). The van der Waals surface area contributed by atoms with Crippen molar-refractivity contribution in [3.05, 3.63) is 0 Å². The molecule has 2 amide bonds. The zero-order valence-electron chi connectivity index (χ0n) is 41.8. The van der Waals surface area contributed by atoms with Gasteiger partial charge in [-0.25, -0.2) is 4.79 Å². The predicted molar refractivity (Wildman–Crippen MR) is 239 cm³/mol. The van der Waals surface area contributed by atoms with Gasteiger partial charge in [0.25, 0.3) is 5.79 Å². The maximum absolute atomic E-state index is 12.9. The Morgan fingerprint density at radius 1 is 0.597 bits per heavy atom. The van der Waals surface area contributed by atoms with E-state index >= 15 is 0 Å². The second-order valence-electron chi connectivity index (χ2n) is 19.4. The van der Waals surface area contributed by atoms with Crippen LogP contribution in [0.4, 0.5) is 0 Å². The molecule has 448 valence electrons. The number of aliphatic hydroxyl groups is 18. The smallest absolute Gasteiger partial charge is 0.364 e. The molecule has 0 spiro atoms. The van der Waals surface area contributed by atoms with E-state index in [2.05, 4.69) is 10.6 Å². The van der Waals surface area contributed by atoms with Gasteiger partial charge in [0.15, 0.2) is 25.2 Å². The van der Waals surface area contributed by atoms with E-state index in [4.69, 9.17) is 47.4 Å². The van der Waals surface area contributed by atoms with Crippen LogP contribution in [0.2, 0.25) is 0 Å². The summed E-state index contributed by atoms with van der Waals surface area (Å²) in [6.45, 7) is -1.46. The molecule has 30 atom stereocenters. The zero-order valence-corrected chi connectivity index (χ0v) is 41.8. The van der Waals surface area contributed by atoms with Crippen LogP contribution in [0, 0.1) is 0 Å². The summed E-state index contributed by atoms with van der Waals surface area (Å²) in [6, 6.07) is -3.51. The van der Waals surface area contributed by atoms with Crippen molar-refractivity contribution in [3.8, 4) is 0 Å². The molecular formula is C43H74N2O32. The molecular weight excluding hydrogens is 1060 g/mol. The molecule has 5 aliphatic heterocycles. The molecule has 5 saturated heterocycles. The monoisotopic (exact) mass is 1130 g/mol. The second kappa shape index (κ2) is 27.8. The van der Waals surface area contributed by atoms with Gasteiger partial charge < -0.3 is 155 Å². The van der Waals surface area contributed by atoms with Gasteiger partial charge in [0.1, 0.15) is 122 Å². The number of carboxylic acids is 1. The van der Waals surface area contributed by atoms with Crippen molar-refractivity contribution >= 4 is 17.8 Å². The van der Waals surface area contributed by atoms with Gasteiger partial charge in [0.2, 0.25) is 11.8 Å². The molecule has 0 radical (unpaired) electrons. The molecule has 0 aromatic carbocycles. The summed E-state index contributed by atoms with van der Waals surface area (Å²) >= 11 is 0. The van der Waals surface area contributed by atoms with E-state index in [1.807, 2.05) is 0 Å². The molecule has 0 bridgehead atoms. The van der Waals surface area contributed by atoms with Gasteiger partial charge in [-0.2, -0.15) is 0 Å². The van der Waals surface area contributed by atoms with Crippen LogP contribution >= 0.6 is 0 Å². The van der Waals surface area contributed by atoms with Crippen molar-refractivity contribution in [2.75, 3.05) is 33.0 Å². The number of carboxylic acid groups (broad SMARTS) is 1. The summed E-state index contributed by atoms with van der Waals surface area (Å²) in [5, 5.41) is 209. The Hall–Kier alpha value is -2.71. The van der Waals surface area contributed by atoms with Crippen LogP contribution in [-0.4, -0.2) is 331 Å². The highest BCUT2D eigenvalue weighted by atomic mass is 16.8. The lowest BCUT2D eigenvalue weighted by atomic mass is 9.88. The molecule has 0 aromatic rings. The highest BCUT2D eigenvalue weighted by Crippen LogP contribution is 2.38. The normalized spacial score (nSPS) is 44.3. The van der Waals surface area contributed by atoms with Crippen LogP contribution in [-0.2, 0) is 61.8 Å². The number of amides is 2. The van der Waals surface area contributed by atoms with Crippen LogP contribution in [0.3, 0.4) is 0 Å². The third kappa shape index (κ3) is 14.7. The first-order chi connectivity index (χ1) is 36.1. The van der Waals surface area contributed by atoms with Crippen molar-refractivity contribution < 1.29 is 159 Å². The maximum Gasteiger partial charge on any atom is 0.364 e. The van der Waals surface area contributed by atoms with Crippen LogP contribution in [0.1, 0.15) is 34.1 Å². The van der Waals surface area contributed by atoms with E-state index in [0.717, 1.165) is 13.8 Å². The number of rotatable bonds is 23. The molecule has 0 aromatic heterocycles. The Bertz CT molecular complexity index is 1880. The van der Waals surface area contributed by atoms with E-state index < -0.39 is 241 Å². The fraction of sp³-hybridized carbons (Fsp3) is 0.930. The van der Waals surface area contributed by atoms with E-state index in [1.54, 1.807) is 0 Å². The summed E-state index contributed by atoms with van der Waals surface area (Å²) < 4.78 is 57.9. The molecule has 21 N–H and O–H groups in total. The minimum atomic E-state index is -3.10. The summed E-state index contributed by atoms with van der Waals surface area (Å²) in [5.41, 5.74) is 0. The fourth-order valence-corrected chi connectivity index (χ4v) is 9.35. The summed E-state index contributed by atoms with van der Waals surface area (Å²) in [4.78, 5) is 37.4. The van der Waals surface area contributed by atoms with Gasteiger partial charge in [-0.05, 0) is 13.8 Å². The van der Waals surface area contributed by atoms with Crippen molar-refractivity contribution in [2.24, 2.45) is 0 Å². The topological polar surface area (TPSA) is 552 Å². The van der Waals surface area contributed by atoms with Gasteiger partial charge in [-0.3, -0.25) is 9.59 Å². The highest BCUT2D eigenvalue weighted by Gasteiger charge is 2.59. The third-order valence-electron chi connectivity index (χ3n) is 13.8. The first-order valence-electron chi connectivity index (χ1n) is 24.4. The summed E-state index contributed by atoms with van der Waals surface area (Å²) in [6.07, 6.45) is -56.0. The van der Waals surface area contributed by atoms with Crippen LogP contribution in [0.15, 0.2) is 0 Å². The van der Waals surface area contributed by atoms with Gasteiger partial charge in [-0.1, -0.05) is 0 Å². The second-order valence-corrected chi connectivity index (χ2v) is 19.4. The lowest BCUT2D eigenvalue weighted by Crippen LogP contribution is -2.69. The number of ether oxygens (including phenoxy) is 10. The minimum absolute atomic E-state index is 0.821. The largest absolute Gasteiger partial charge is 0.477 e. The predicted octanol–water partition coefficient (Wildman–Crippen LogP) is -12.9. The highest BCUT2D eigenvalue weighted by molar-refractivity contribution is 5.76. The van der Waals surface area contributed by atoms with Crippen LogP contribution in [0.5, 0.6) is 0 Å². The standard InChI is InChI=1S/C43H74N2O32/c1-11-22(55)28(61)31(64)38(69-11)75-36-30(63)26(59)19(8-48)71-40(36)74-35-27(60)20(9-49)72-41(37(35)76-39-32(65)29(62)23(56)12(2)70-39)73-33(15(6-46)44-13(3)50)25(58)18(54)10-68-43(42(66)67)5-16(52)21(45-14(4)51)34(77-43)24(57)17(53)7-47/h11-12,15-41,46-49,52-65H,5-10H2,1-4H3,(H,44,50)(H,45,51)(H,66,67). The average molecular weight is 1130 g/mol.